The van der Waals surface area contributed by atoms with E-state index < -0.39 is 0 Å². The van der Waals surface area contributed by atoms with Gasteiger partial charge in [-0.15, -0.1) is 0 Å². The van der Waals surface area contributed by atoms with Gasteiger partial charge >= 0.3 is 0 Å². The molecule has 0 saturated carbocycles. The molecule has 1 aromatic carbocycles. The summed E-state index contributed by atoms with van der Waals surface area (Å²) in [4.78, 5) is 0. The fourth-order valence-corrected chi connectivity index (χ4v) is 2.35. The van der Waals surface area contributed by atoms with E-state index in [9.17, 15) is 0 Å². The van der Waals surface area contributed by atoms with E-state index in [1.807, 2.05) is 0 Å². The Bertz CT molecular complexity index is 360. The van der Waals surface area contributed by atoms with Crippen LogP contribution in [0.2, 0.25) is 0 Å². The maximum Gasteiger partial charge on any atom is 0.0975 e. The first-order chi connectivity index (χ1) is 8.08. The second kappa shape index (κ2) is 5.19. The van der Waals surface area contributed by atoms with Crippen LogP contribution in [0.4, 0.5) is 0 Å². The molecule has 17 heavy (non-hydrogen) atoms. The third kappa shape index (κ3) is 2.88. The summed E-state index contributed by atoms with van der Waals surface area (Å²) >= 11 is 0. The summed E-state index contributed by atoms with van der Waals surface area (Å²) in [5.74, 6) is 0.563. The molecular formula is C15H23NO. The van der Waals surface area contributed by atoms with Crippen LogP contribution in [0.5, 0.6) is 0 Å². The van der Waals surface area contributed by atoms with Crippen molar-refractivity contribution in [3.63, 3.8) is 0 Å². The second-order valence-electron chi connectivity index (χ2n) is 5.39. The van der Waals surface area contributed by atoms with Crippen molar-refractivity contribution in [2.45, 2.75) is 45.9 Å². The van der Waals surface area contributed by atoms with Crippen LogP contribution in [-0.4, -0.2) is 18.7 Å². The first kappa shape index (κ1) is 12.6. The van der Waals surface area contributed by atoms with Crippen molar-refractivity contribution in [1.82, 2.24) is 5.32 Å². The van der Waals surface area contributed by atoms with E-state index in [0.29, 0.717) is 18.0 Å². The number of ether oxygens (including phenoxy) is 1. The Labute approximate surface area is 104 Å². The molecule has 1 aliphatic rings. The van der Waals surface area contributed by atoms with Crippen molar-refractivity contribution < 1.29 is 4.74 Å². The molecule has 0 bridgehead atoms. The van der Waals surface area contributed by atoms with Crippen LogP contribution in [0.1, 0.15) is 38.0 Å². The van der Waals surface area contributed by atoms with Gasteiger partial charge in [-0.1, -0.05) is 36.8 Å². The molecule has 1 saturated heterocycles. The summed E-state index contributed by atoms with van der Waals surface area (Å²) < 4.78 is 6.06. The predicted octanol–water partition coefficient (Wildman–Crippen LogP) is 3.07. The third-order valence-electron chi connectivity index (χ3n) is 3.78. The zero-order valence-electron chi connectivity index (χ0n) is 11.2. The van der Waals surface area contributed by atoms with Crippen LogP contribution in [0.25, 0.3) is 0 Å². The highest BCUT2D eigenvalue weighted by Crippen LogP contribution is 2.26. The van der Waals surface area contributed by atoms with Gasteiger partial charge in [-0.05, 0) is 32.3 Å². The van der Waals surface area contributed by atoms with Gasteiger partial charge in [0, 0.05) is 12.1 Å². The van der Waals surface area contributed by atoms with Crippen molar-refractivity contribution in [3.8, 4) is 0 Å². The first-order valence-electron chi connectivity index (χ1n) is 6.52. The maximum atomic E-state index is 6.06. The van der Waals surface area contributed by atoms with Crippen LogP contribution < -0.4 is 5.32 Å². The van der Waals surface area contributed by atoms with Crippen molar-refractivity contribution in [1.29, 1.82) is 0 Å². The van der Waals surface area contributed by atoms with Gasteiger partial charge in [0.1, 0.15) is 0 Å². The largest absolute Gasteiger partial charge is 0.372 e. The molecule has 2 nitrogen and oxygen atoms in total. The summed E-state index contributed by atoms with van der Waals surface area (Å²) in [6.07, 6.45) is 0.169. The molecule has 1 N–H and O–H groups in total. The molecule has 4 unspecified atom stereocenters. The van der Waals surface area contributed by atoms with Crippen molar-refractivity contribution in [3.05, 3.63) is 35.4 Å². The van der Waals surface area contributed by atoms with Gasteiger partial charge in [0.05, 0.1) is 12.7 Å². The minimum atomic E-state index is 0.169. The SMILES string of the molecule is Cc1ccc(C2OCC(C)C(C)NC2C)cc1. The van der Waals surface area contributed by atoms with E-state index in [1.165, 1.54) is 11.1 Å². The van der Waals surface area contributed by atoms with Crippen LogP contribution in [-0.2, 0) is 4.74 Å². The number of hydrogen-bond donors (Lipinski definition) is 1. The van der Waals surface area contributed by atoms with Gasteiger partial charge in [0.2, 0.25) is 0 Å². The second-order valence-corrected chi connectivity index (χ2v) is 5.39. The Kier molecular flexibility index (Phi) is 3.85. The summed E-state index contributed by atoms with van der Waals surface area (Å²) in [7, 11) is 0. The zero-order chi connectivity index (χ0) is 12.4. The van der Waals surface area contributed by atoms with Crippen LogP contribution in [0.3, 0.4) is 0 Å². The Balaban J connectivity index is 2.17. The van der Waals surface area contributed by atoms with Crippen LogP contribution in [0.15, 0.2) is 24.3 Å². The molecular weight excluding hydrogens is 210 g/mol. The molecule has 2 rings (SSSR count). The lowest BCUT2D eigenvalue weighted by Crippen LogP contribution is -2.39. The molecule has 1 fully saturated rings. The van der Waals surface area contributed by atoms with Gasteiger partial charge in [-0.2, -0.15) is 0 Å². The van der Waals surface area contributed by atoms with Crippen molar-refractivity contribution in [2.75, 3.05) is 6.61 Å². The molecule has 0 spiro atoms. The standard InChI is InChI=1S/C15H23NO/c1-10-5-7-14(8-6-10)15-13(4)16-12(3)11(2)9-17-15/h5-8,11-13,15-16H,9H2,1-4H3. The lowest BCUT2D eigenvalue weighted by Gasteiger charge is -2.24. The molecule has 0 amide bonds. The summed E-state index contributed by atoms with van der Waals surface area (Å²) in [6.45, 7) is 9.63. The highest BCUT2D eigenvalue weighted by atomic mass is 16.5. The summed E-state index contributed by atoms with van der Waals surface area (Å²) in [5, 5.41) is 3.63. The molecule has 4 atom stereocenters. The first-order valence-corrected chi connectivity index (χ1v) is 6.52. The third-order valence-corrected chi connectivity index (χ3v) is 3.78. The molecule has 0 aliphatic carbocycles. The number of benzene rings is 1. The Morgan fingerprint density at radius 1 is 1.06 bits per heavy atom. The van der Waals surface area contributed by atoms with Gasteiger partial charge in [-0.3, -0.25) is 0 Å². The lowest BCUT2D eigenvalue weighted by atomic mass is 10.0. The highest BCUT2D eigenvalue weighted by Gasteiger charge is 2.28. The van der Waals surface area contributed by atoms with Crippen molar-refractivity contribution in [2.24, 2.45) is 5.92 Å². The molecule has 1 heterocycles. The minimum absolute atomic E-state index is 0.169. The van der Waals surface area contributed by atoms with E-state index in [1.54, 1.807) is 0 Å². The normalized spacial score (nSPS) is 34.4. The van der Waals surface area contributed by atoms with Gasteiger partial charge in [0.15, 0.2) is 0 Å². The van der Waals surface area contributed by atoms with E-state index in [4.69, 9.17) is 4.74 Å². The molecule has 0 radical (unpaired) electrons. The summed E-state index contributed by atoms with van der Waals surface area (Å²) in [5.41, 5.74) is 2.57. The van der Waals surface area contributed by atoms with E-state index in [2.05, 4.69) is 57.3 Å². The Hall–Kier alpha value is -0.860. The van der Waals surface area contributed by atoms with E-state index in [-0.39, 0.29) is 6.10 Å². The monoisotopic (exact) mass is 233 g/mol. The van der Waals surface area contributed by atoms with E-state index >= 15 is 0 Å². The number of nitrogens with one attached hydrogen (secondary N) is 1. The highest BCUT2D eigenvalue weighted by molar-refractivity contribution is 5.24. The molecule has 1 aromatic rings. The fourth-order valence-electron chi connectivity index (χ4n) is 2.35. The fraction of sp³-hybridized carbons (Fsp3) is 0.600. The zero-order valence-corrected chi connectivity index (χ0v) is 11.2. The smallest absolute Gasteiger partial charge is 0.0975 e. The minimum Gasteiger partial charge on any atom is -0.372 e. The van der Waals surface area contributed by atoms with E-state index in [0.717, 1.165) is 6.61 Å². The Morgan fingerprint density at radius 2 is 1.71 bits per heavy atom. The average Bonchev–Trinajstić information content (AvgIpc) is 2.42. The molecule has 0 aromatic heterocycles. The predicted molar refractivity (Wildman–Crippen MR) is 71.1 cm³/mol. The van der Waals surface area contributed by atoms with Crippen LogP contribution >= 0.6 is 0 Å². The van der Waals surface area contributed by atoms with Gasteiger partial charge in [0.25, 0.3) is 0 Å². The number of rotatable bonds is 1. The maximum absolute atomic E-state index is 6.06. The molecule has 2 heteroatoms. The molecule has 94 valence electrons. The number of hydrogen-bond acceptors (Lipinski definition) is 2. The summed E-state index contributed by atoms with van der Waals surface area (Å²) in [6, 6.07) is 9.54. The van der Waals surface area contributed by atoms with Crippen molar-refractivity contribution >= 4 is 0 Å². The Morgan fingerprint density at radius 3 is 2.35 bits per heavy atom. The average molecular weight is 233 g/mol. The topological polar surface area (TPSA) is 21.3 Å². The van der Waals surface area contributed by atoms with Gasteiger partial charge < -0.3 is 10.1 Å². The van der Waals surface area contributed by atoms with Gasteiger partial charge in [-0.25, -0.2) is 0 Å². The molecule has 1 aliphatic heterocycles. The number of aryl methyl sites for hydroxylation is 1. The lowest BCUT2D eigenvalue weighted by molar-refractivity contribution is 0.0329. The van der Waals surface area contributed by atoms with Crippen LogP contribution in [0, 0.1) is 12.8 Å². The quantitative estimate of drug-likeness (QED) is 0.805.